The van der Waals surface area contributed by atoms with Crippen LogP contribution in [-0.4, -0.2) is 11.7 Å². The molecule has 4 heteroatoms. The van der Waals surface area contributed by atoms with Crippen molar-refractivity contribution in [3.63, 3.8) is 0 Å². The number of aromatic hydroxyl groups is 1. The van der Waals surface area contributed by atoms with Crippen LogP contribution in [0.5, 0.6) is 11.5 Å². The monoisotopic (exact) mass is 211 g/mol. The van der Waals surface area contributed by atoms with Gasteiger partial charge < -0.3 is 9.84 Å². The van der Waals surface area contributed by atoms with E-state index in [9.17, 15) is 5.11 Å². The minimum atomic E-state index is -0.598. The summed E-state index contributed by atoms with van der Waals surface area (Å²) in [7, 11) is 0. The number of phenols is 1. The minimum absolute atomic E-state index is 0.119. The number of benzene rings is 1. The zero-order valence-corrected chi connectivity index (χ0v) is 9.28. The molecule has 1 rings (SSSR count). The molecule has 3 N–H and O–H groups in total. The summed E-state index contributed by atoms with van der Waals surface area (Å²) in [6.07, 6.45) is 0. The van der Waals surface area contributed by atoms with Gasteiger partial charge in [-0.3, -0.25) is 4.84 Å². The molecule has 0 heterocycles. The molecule has 0 atom stereocenters. The van der Waals surface area contributed by atoms with Crippen molar-refractivity contribution in [2.24, 2.45) is 5.90 Å². The molecule has 0 radical (unpaired) electrons. The molecule has 0 saturated carbocycles. The molecule has 0 fully saturated rings. The molecule has 4 nitrogen and oxygen atoms in total. The SMILES string of the molecule is CCOc1cc(C(C)(C)ON)ccc1O. The highest BCUT2D eigenvalue weighted by atomic mass is 16.6. The molecule has 0 bridgehead atoms. The largest absolute Gasteiger partial charge is 0.504 e. The Labute approximate surface area is 89.6 Å². The van der Waals surface area contributed by atoms with E-state index < -0.39 is 5.60 Å². The van der Waals surface area contributed by atoms with Crippen LogP contribution in [0.25, 0.3) is 0 Å². The summed E-state index contributed by atoms with van der Waals surface area (Å²) in [6.45, 7) is 6.04. The van der Waals surface area contributed by atoms with Crippen LogP contribution in [0.15, 0.2) is 18.2 Å². The van der Waals surface area contributed by atoms with Crippen molar-refractivity contribution in [2.75, 3.05) is 6.61 Å². The van der Waals surface area contributed by atoms with Gasteiger partial charge in [-0.25, -0.2) is 5.90 Å². The van der Waals surface area contributed by atoms with Gasteiger partial charge in [-0.05, 0) is 38.5 Å². The number of ether oxygens (including phenoxy) is 1. The zero-order valence-electron chi connectivity index (χ0n) is 9.28. The highest BCUT2D eigenvalue weighted by Crippen LogP contribution is 2.32. The quantitative estimate of drug-likeness (QED) is 0.747. The summed E-state index contributed by atoms with van der Waals surface area (Å²) >= 11 is 0. The molecule has 0 saturated heterocycles. The van der Waals surface area contributed by atoms with Crippen LogP contribution >= 0.6 is 0 Å². The molecule has 0 amide bonds. The second-order valence-electron chi connectivity index (χ2n) is 3.74. The van der Waals surface area contributed by atoms with E-state index >= 15 is 0 Å². The predicted molar refractivity (Wildman–Crippen MR) is 57.6 cm³/mol. The van der Waals surface area contributed by atoms with E-state index in [0.717, 1.165) is 5.56 Å². The Morgan fingerprint density at radius 1 is 1.40 bits per heavy atom. The summed E-state index contributed by atoms with van der Waals surface area (Å²) in [5.74, 6) is 5.76. The van der Waals surface area contributed by atoms with Crippen LogP contribution in [0.4, 0.5) is 0 Å². The first kappa shape index (κ1) is 11.8. The van der Waals surface area contributed by atoms with E-state index in [1.54, 1.807) is 18.2 Å². The second kappa shape index (κ2) is 4.51. The Bertz CT molecular complexity index is 337. The van der Waals surface area contributed by atoms with E-state index in [-0.39, 0.29) is 5.75 Å². The third-order valence-corrected chi connectivity index (χ3v) is 2.25. The number of nitrogens with two attached hydrogens (primary N) is 1. The topological polar surface area (TPSA) is 64.7 Å². The van der Waals surface area contributed by atoms with Gasteiger partial charge in [0.2, 0.25) is 0 Å². The van der Waals surface area contributed by atoms with Gasteiger partial charge >= 0.3 is 0 Å². The van der Waals surface area contributed by atoms with E-state index in [1.165, 1.54) is 0 Å². The van der Waals surface area contributed by atoms with Crippen molar-refractivity contribution in [1.82, 2.24) is 0 Å². The number of rotatable bonds is 4. The lowest BCUT2D eigenvalue weighted by Crippen LogP contribution is -2.25. The smallest absolute Gasteiger partial charge is 0.161 e. The molecule has 84 valence electrons. The second-order valence-corrected chi connectivity index (χ2v) is 3.74. The summed E-state index contributed by atoms with van der Waals surface area (Å²) in [5.41, 5.74) is 0.255. The zero-order chi connectivity index (χ0) is 11.5. The lowest BCUT2D eigenvalue weighted by atomic mass is 9.98. The van der Waals surface area contributed by atoms with Crippen molar-refractivity contribution in [3.05, 3.63) is 23.8 Å². The Hall–Kier alpha value is -1.26. The summed E-state index contributed by atoms with van der Waals surface area (Å²) in [4.78, 5) is 4.86. The fourth-order valence-electron chi connectivity index (χ4n) is 1.23. The van der Waals surface area contributed by atoms with Gasteiger partial charge in [-0.1, -0.05) is 6.07 Å². The average molecular weight is 211 g/mol. The number of phenolic OH excluding ortho intramolecular Hbond substituents is 1. The maximum absolute atomic E-state index is 9.51. The van der Waals surface area contributed by atoms with Crippen molar-refractivity contribution >= 4 is 0 Å². The molecule has 0 aromatic heterocycles. The molecule has 15 heavy (non-hydrogen) atoms. The number of hydrogen-bond donors (Lipinski definition) is 2. The Kier molecular flexibility index (Phi) is 3.55. The molecular formula is C11H17NO3. The van der Waals surface area contributed by atoms with Crippen LogP contribution in [0.1, 0.15) is 26.3 Å². The molecule has 0 unspecified atom stereocenters. The van der Waals surface area contributed by atoms with Gasteiger partial charge in [-0.15, -0.1) is 0 Å². The maximum Gasteiger partial charge on any atom is 0.161 e. The van der Waals surface area contributed by atoms with Crippen LogP contribution in [0.2, 0.25) is 0 Å². The average Bonchev–Trinajstić information content (AvgIpc) is 2.21. The van der Waals surface area contributed by atoms with Crippen molar-refractivity contribution < 1.29 is 14.7 Å². The van der Waals surface area contributed by atoms with Crippen LogP contribution in [0.3, 0.4) is 0 Å². The van der Waals surface area contributed by atoms with Gasteiger partial charge in [0, 0.05) is 0 Å². The standard InChI is InChI=1S/C11H17NO3/c1-4-14-10-7-8(5-6-9(10)13)11(2,3)15-12/h5-7,13H,4,12H2,1-3H3. The van der Waals surface area contributed by atoms with Crippen molar-refractivity contribution in [1.29, 1.82) is 0 Å². The van der Waals surface area contributed by atoms with Crippen molar-refractivity contribution in [2.45, 2.75) is 26.4 Å². The molecule has 0 aliphatic rings. The first-order valence-corrected chi connectivity index (χ1v) is 4.85. The normalized spacial score (nSPS) is 11.5. The van der Waals surface area contributed by atoms with E-state index in [1.807, 2.05) is 20.8 Å². The molecule has 1 aromatic carbocycles. The molecule has 0 spiro atoms. The molecule has 0 aliphatic heterocycles. The summed E-state index contributed by atoms with van der Waals surface area (Å²) in [5, 5.41) is 9.51. The van der Waals surface area contributed by atoms with E-state index in [2.05, 4.69) is 0 Å². The maximum atomic E-state index is 9.51. The highest BCUT2D eigenvalue weighted by Gasteiger charge is 2.21. The lowest BCUT2D eigenvalue weighted by molar-refractivity contribution is -0.0237. The third-order valence-electron chi connectivity index (χ3n) is 2.25. The van der Waals surface area contributed by atoms with Crippen molar-refractivity contribution in [3.8, 4) is 11.5 Å². The van der Waals surface area contributed by atoms with Gasteiger partial charge in [0.25, 0.3) is 0 Å². The predicted octanol–water partition coefficient (Wildman–Crippen LogP) is 1.92. The van der Waals surface area contributed by atoms with Gasteiger partial charge in [-0.2, -0.15) is 0 Å². The molecule has 1 aromatic rings. The Morgan fingerprint density at radius 3 is 2.60 bits per heavy atom. The third kappa shape index (κ3) is 2.61. The fourth-order valence-corrected chi connectivity index (χ4v) is 1.23. The number of hydrogen-bond acceptors (Lipinski definition) is 4. The fraction of sp³-hybridized carbons (Fsp3) is 0.455. The minimum Gasteiger partial charge on any atom is -0.504 e. The first-order chi connectivity index (χ1) is 7.01. The van der Waals surface area contributed by atoms with Crippen LogP contribution in [0, 0.1) is 0 Å². The van der Waals surface area contributed by atoms with Gasteiger partial charge in [0.1, 0.15) is 5.60 Å². The van der Waals surface area contributed by atoms with Gasteiger partial charge in [0.05, 0.1) is 6.61 Å². The highest BCUT2D eigenvalue weighted by molar-refractivity contribution is 5.43. The molecule has 0 aliphatic carbocycles. The lowest BCUT2D eigenvalue weighted by Gasteiger charge is -2.23. The van der Waals surface area contributed by atoms with E-state index in [4.69, 9.17) is 15.5 Å². The van der Waals surface area contributed by atoms with E-state index in [0.29, 0.717) is 12.4 Å². The summed E-state index contributed by atoms with van der Waals surface area (Å²) < 4.78 is 5.27. The first-order valence-electron chi connectivity index (χ1n) is 4.85. The van der Waals surface area contributed by atoms with Gasteiger partial charge in [0.15, 0.2) is 11.5 Å². The Balaban J connectivity index is 3.07. The Morgan fingerprint density at radius 2 is 2.07 bits per heavy atom. The summed E-state index contributed by atoms with van der Waals surface area (Å²) in [6, 6.07) is 5.05. The van der Waals surface area contributed by atoms with Crippen LogP contribution < -0.4 is 10.6 Å². The van der Waals surface area contributed by atoms with Crippen LogP contribution in [-0.2, 0) is 10.4 Å². The molecular weight excluding hydrogens is 194 g/mol.